The number of methoxy groups -OCH3 is 1. The molecule has 4 heteroatoms. The molecule has 1 atom stereocenters. The average molecular weight is 292 g/mol. The van der Waals surface area contributed by atoms with E-state index in [1.54, 1.807) is 12.1 Å². The van der Waals surface area contributed by atoms with Crippen molar-refractivity contribution in [3.05, 3.63) is 29.6 Å². The van der Waals surface area contributed by atoms with Crippen LogP contribution in [0.15, 0.2) is 18.2 Å². The van der Waals surface area contributed by atoms with Crippen molar-refractivity contribution in [3.8, 4) is 5.75 Å². The first kappa shape index (κ1) is 14.5. The molecular formula is C17H21FO3. The summed E-state index contributed by atoms with van der Waals surface area (Å²) in [6.07, 6.45) is 5.73. The Morgan fingerprint density at radius 3 is 2.86 bits per heavy atom. The maximum absolute atomic E-state index is 14.1. The Balaban J connectivity index is 1.85. The molecule has 0 aromatic heterocycles. The Morgan fingerprint density at radius 2 is 2.14 bits per heavy atom. The predicted octanol–water partition coefficient (Wildman–Crippen LogP) is 3.76. The van der Waals surface area contributed by atoms with Gasteiger partial charge in [-0.2, -0.15) is 0 Å². The molecule has 2 fully saturated rings. The molecule has 1 aliphatic carbocycles. The largest absolute Gasteiger partial charge is 0.496 e. The summed E-state index contributed by atoms with van der Waals surface area (Å²) in [6.45, 7) is 0.590. The van der Waals surface area contributed by atoms with Crippen LogP contribution < -0.4 is 4.74 Å². The summed E-state index contributed by atoms with van der Waals surface area (Å²) in [6, 6.07) is 4.52. The van der Waals surface area contributed by atoms with Gasteiger partial charge >= 0.3 is 0 Å². The van der Waals surface area contributed by atoms with E-state index in [0.29, 0.717) is 25.2 Å². The lowest BCUT2D eigenvalue weighted by molar-refractivity contribution is -0.0866. The van der Waals surface area contributed by atoms with Crippen molar-refractivity contribution in [1.82, 2.24) is 0 Å². The lowest BCUT2D eigenvalue weighted by Crippen LogP contribution is -2.40. The number of ketones is 1. The Bertz CT molecular complexity index is 535. The third-order valence-electron chi connectivity index (χ3n) is 4.82. The number of Topliss-reactive ketones (excluding diaryl/α,β-unsaturated/α-hetero) is 1. The van der Waals surface area contributed by atoms with Crippen molar-refractivity contribution in [2.75, 3.05) is 13.7 Å². The zero-order chi connectivity index (χ0) is 14.9. The molecule has 1 saturated carbocycles. The second-order valence-electron chi connectivity index (χ2n) is 6.11. The van der Waals surface area contributed by atoms with Gasteiger partial charge in [0.15, 0.2) is 5.78 Å². The molecule has 1 saturated heterocycles. The molecule has 1 aromatic carbocycles. The van der Waals surface area contributed by atoms with Gasteiger partial charge in [-0.15, -0.1) is 0 Å². The lowest BCUT2D eigenvalue weighted by atomic mass is 9.80. The first-order valence-electron chi connectivity index (χ1n) is 7.66. The molecule has 1 spiro atoms. The Hall–Kier alpha value is -1.42. The first-order valence-corrected chi connectivity index (χ1v) is 7.66. The summed E-state index contributed by atoms with van der Waals surface area (Å²) in [5.41, 5.74) is -0.0445. The number of carbonyl (C=O) groups excluding carboxylic acids is 1. The number of halogens is 1. The van der Waals surface area contributed by atoms with Gasteiger partial charge in [-0.25, -0.2) is 4.39 Å². The third kappa shape index (κ3) is 2.69. The lowest BCUT2D eigenvalue weighted by Gasteiger charge is -2.37. The molecule has 0 radical (unpaired) electrons. The van der Waals surface area contributed by atoms with Crippen LogP contribution in [-0.2, 0) is 4.74 Å². The molecule has 0 amide bonds. The van der Waals surface area contributed by atoms with E-state index < -0.39 is 5.82 Å². The average Bonchev–Trinajstić information content (AvgIpc) is 2.94. The maximum atomic E-state index is 14.1. The van der Waals surface area contributed by atoms with Crippen molar-refractivity contribution in [3.63, 3.8) is 0 Å². The number of hydrogen-bond acceptors (Lipinski definition) is 3. The third-order valence-corrected chi connectivity index (χ3v) is 4.82. The van der Waals surface area contributed by atoms with Crippen LogP contribution in [0.25, 0.3) is 0 Å². The fraction of sp³-hybridized carbons (Fsp3) is 0.588. The zero-order valence-corrected chi connectivity index (χ0v) is 12.4. The Kier molecular flexibility index (Phi) is 3.98. The molecule has 1 aliphatic heterocycles. The highest BCUT2D eigenvalue weighted by atomic mass is 19.1. The first-order chi connectivity index (χ1) is 10.2. The van der Waals surface area contributed by atoms with Crippen LogP contribution in [0.5, 0.6) is 5.75 Å². The SMILES string of the molecule is COc1cccc(F)c1C(=O)C1CCOC2(CCCC2)C1. The second kappa shape index (κ2) is 5.76. The van der Waals surface area contributed by atoms with Crippen molar-refractivity contribution >= 4 is 5.78 Å². The quantitative estimate of drug-likeness (QED) is 0.796. The molecular weight excluding hydrogens is 271 g/mol. The zero-order valence-electron chi connectivity index (χ0n) is 12.4. The predicted molar refractivity (Wildman–Crippen MR) is 77.2 cm³/mol. The van der Waals surface area contributed by atoms with Gasteiger partial charge in [0, 0.05) is 12.5 Å². The molecule has 1 unspecified atom stereocenters. The molecule has 3 rings (SSSR count). The van der Waals surface area contributed by atoms with E-state index >= 15 is 0 Å². The minimum atomic E-state index is -0.494. The number of rotatable bonds is 3. The fourth-order valence-corrected chi connectivity index (χ4v) is 3.74. The van der Waals surface area contributed by atoms with Crippen LogP contribution in [-0.4, -0.2) is 25.1 Å². The van der Waals surface area contributed by atoms with E-state index in [0.717, 1.165) is 25.7 Å². The van der Waals surface area contributed by atoms with Crippen molar-refractivity contribution in [2.24, 2.45) is 5.92 Å². The van der Waals surface area contributed by atoms with E-state index in [1.165, 1.54) is 13.2 Å². The second-order valence-corrected chi connectivity index (χ2v) is 6.11. The van der Waals surface area contributed by atoms with E-state index in [2.05, 4.69) is 0 Å². The van der Waals surface area contributed by atoms with E-state index in [9.17, 15) is 9.18 Å². The molecule has 1 heterocycles. The van der Waals surface area contributed by atoms with Crippen LogP contribution in [0.2, 0.25) is 0 Å². The fourth-order valence-electron chi connectivity index (χ4n) is 3.74. The van der Waals surface area contributed by atoms with Crippen LogP contribution in [0.1, 0.15) is 48.9 Å². The van der Waals surface area contributed by atoms with Gasteiger partial charge < -0.3 is 9.47 Å². The topological polar surface area (TPSA) is 35.5 Å². The van der Waals surface area contributed by atoms with Crippen LogP contribution in [0, 0.1) is 11.7 Å². The molecule has 3 nitrogen and oxygen atoms in total. The summed E-state index contributed by atoms with van der Waals surface area (Å²) in [5, 5.41) is 0. The molecule has 2 aliphatic rings. The Morgan fingerprint density at radius 1 is 1.38 bits per heavy atom. The summed E-state index contributed by atoms with van der Waals surface area (Å²) in [7, 11) is 1.47. The highest BCUT2D eigenvalue weighted by molar-refractivity contribution is 6.00. The van der Waals surface area contributed by atoms with E-state index in [1.807, 2.05) is 0 Å². The summed E-state index contributed by atoms with van der Waals surface area (Å²) in [5.74, 6) is -0.472. The van der Waals surface area contributed by atoms with Crippen molar-refractivity contribution < 1.29 is 18.7 Å². The highest BCUT2D eigenvalue weighted by Crippen LogP contribution is 2.43. The van der Waals surface area contributed by atoms with Gasteiger partial charge in [0.2, 0.25) is 0 Å². The molecule has 0 N–H and O–H groups in total. The Labute approximate surface area is 124 Å². The number of carbonyl (C=O) groups is 1. The van der Waals surface area contributed by atoms with Crippen LogP contribution in [0.3, 0.4) is 0 Å². The standard InChI is InChI=1S/C17H21FO3/c1-20-14-6-4-5-13(18)15(14)16(19)12-7-10-21-17(11-12)8-2-3-9-17/h4-6,12H,2-3,7-11H2,1H3. The summed E-state index contributed by atoms with van der Waals surface area (Å²) < 4.78 is 25.2. The smallest absolute Gasteiger partial charge is 0.172 e. The summed E-state index contributed by atoms with van der Waals surface area (Å²) in [4.78, 5) is 12.8. The van der Waals surface area contributed by atoms with Gasteiger partial charge in [-0.05, 0) is 37.8 Å². The van der Waals surface area contributed by atoms with Gasteiger partial charge in [0.25, 0.3) is 0 Å². The monoisotopic (exact) mass is 292 g/mol. The number of ether oxygens (including phenoxy) is 2. The highest BCUT2D eigenvalue weighted by Gasteiger charge is 2.42. The van der Waals surface area contributed by atoms with Crippen LogP contribution >= 0.6 is 0 Å². The molecule has 1 aromatic rings. The number of benzene rings is 1. The van der Waals surface area contributed by atoms with E-state index in [4.69, 9.17) is 9.47 Å². The van der Waals surface area contributed by atoms with Crippen molar-refractivity contribution in [1.29, 1.82) is 0 Å². The summed E-state index contributed by atoms with van der Waals surface area (Å²) >= 11 is 0. The van der Waals surface area contributed by atoms with Gasteiger partial charge in [-0.1, -0.05) is 18.9 Å². The minimum Gasteiger partial charge on any atom is -0.496 e. The van der Waals surface area contributed by atoms with Gasteiger partial charge in [-0.3, -0.25) is 4.79 Å². The van der Waals surface area contributed by atoms with Crippen molar-refractivity contribution in [2.45, 2.75) is 44.1 Å². The molecule has 114 valence electrons. The molecule has 0 bridgehead atoms. The maximum Gasteiger partial charge on any atom is 0.172 e. The van der Waals surface area contributed by atoms with Gasteiger partial charge in [0.05, 0.1) is 18.3 Å². The minimum absolute atomic E-state index is 0.0973. The van der Waals surface area contributed by atoms with E-state index in [-0.39, 0.29) is 22.9 Å². The van der Waals surface area contributed by atoms with Crippen LogP contribution in [0.4, 0.5) is 4.39 Å². The molecule has 21 heavy (non-hydrogen) atoms. The van der Waals surface area contributed by atoms with Gasteiger partial charge in [0.1, 0.15) is 11.6 Å². The number of hydrogen-bond donors (Lipinski definition) is 0. The normalized spacial score (nSPS) is 24.2.